The molecule has 0 amide bonds. The third-order valence-electron chi connectivity index (χ3n) is 1.89. The van der Waals surface area contributed by atoms with Crippen molar-refractivity contribution in [1.29, 1.82) is 0 Å². The van der Waals surface area contributed by atoms with Crippen LogP contribution in [0.4, 0.5) is 0 Å². The summed E-state index contributed by atoms with van der Waals surface area (Å²) in [5, 5.41) is 0. The first-order chi connectivity index (χ1) is 7.04. The molecule has 4 heteroatoms. The molecule has 0 atom stereocenters. The van der Waals surface area contributed by atoms with Gasteiger partial charge >= 0.3 is 11.9 Å². The largest absolute Gasteiger partial charge is 0.463 e. The second-order valence-electron chi connectivity index (χ2n) is 3.11. The van der Waals surface area contributed by atoms with Crippen LogP contribution in [0.15, 0.2) is 11.1 Å². The van der Waals surface area contributed by atoms with E-state index in [1.165, 1.54) is 0 Å². The molecular formula is C11H18O4. The lowest BCUT2D eigenvalue weighted by Gasteiger charge is -2.07. The van der Waals surface area contributed by atoms with Crippen molar-refractivity contribution in [3.05, 3.63) is 11.1 Å². The lowest BCUT2D eigenvalue weighted by Crippen LogP contribution is -2.13. The lowest BCUT2D eigenvalue weighted by atomic mass is 10.1. The first-order valence-electron chi connectivity index (χ1n) is 5.06. The van der Waals surface area contributed by atoms with E-state index in [0.29, 0.717) is 24.4 Å². The van der Waals surface area contributed by atoms with Gasteiger partial charge < -0.3 is 9.47 Å². The summed E-state index contributed by atoms with van der Waals surface area (Å²) in [7, 11) is 0. The molecule has 0 aliphatic carbocycles. The highest BCUT2D eigenvalue weighted by atomic mass is 16.5. The molecule has 0 spiro atoms. The molecule has 0 saturated carbocycles. The SMILES string of the molecule is CCCOC(=O)/C(C)=C(\C)C(=O)OCC. The molecule has 4 nitrogen and oxygen atoms in total. The molecule has 0 aromatic rings. The molecule has 0 bridgehead atoms. The number of ether oxygens (including phenoxy) is 2. The Hall–Kier alpha value is -1.32. The minimum atomic E-state index is -0.469. The van der Waals surface area contributed by atoms with Gasteiger partial charge in [-0.3, -0.25) is 0 Å². The van der Waals surface area contributed by atoms with Crippen molar-refractivity contribution in [3.63, 3.8) is 0 Å². The predicted molar refractivity (Wildman–Crippen MR) is 56.3 cm³/mol. The highest BCUT2D eigenvalue weighted by molar-refractivity contribution is 5.99. The van der Waals surface area contributed by atoms with Crippen molar-refractivity contribution < 1.29 is 19.1 Å². The topological polar surface area (TPSA) is 52.6 Å². The second-order valence-corrected chi connectivity index (χ2v) is 3.11. The summed E-state index contributed by atoms with van der Waals surface area (Å²) in [4.78, 5) is 22.6. The van der Waals surface area contributed by atoms with Gasteiger partial charge in [-0.05, 0) is 27.2 Å². The van der Waals surface area contributed by atoms with Crippen LogP contribution in [0, 0.1) is 0 Å². The minimum absolute atomic E-state index is 0.299. The fraction of sp³-hybridized carbons (Fsp3) is 0.636. The van der Waals surface area contributed by atoms with Gasteiger partial charge in [0.05, 0.1) is 13.2 Å². The summed E-state index contributed by atoms with van der Waals surface area (Å²) >= 11 is 0. The Bertz CT molecular complexity index is 266. The van der Waals surface area contributed by atoms with Gasteiger partial charge in [0, 0.05) is 11.1 Å². The Labute approximate surface area is 90.2 Å². The van der Waals surface area contributed by atoms with Gasteiger partial charge in [-0.15, -0.1) is 0 Å². The van der Waals surface area contributed by atoms with Crippen LogP contribution < -0.4 is 0 Å². The number of hydrogen-bond donors (Lipinski definition) is 0. The molecule has 0 saturated heterocycles. The Morgan fingerprint density at radius 2 is 1.40 bits per heavy atom. The van der Waals surface area contributed by atoms with E-state index in [9.17, 15) is 9.59 Å². The zero-order chi connectivity index (χ0) is 11.8. The summed E-state index contributed by atoms with van der Waals surface area (Å²) in [6, 6.07) is 0. The average Bonchev–Trinajstić information content (AvgIpc) is 2.24. The molecular weight excluding hydrogens is 196 g/mol. The van der Waals surface area contributed by atoms with Gasteiger partial charge in [0.2, 0.25) is 0 Å². The second kappa shape index (κ2) is 7.04. The number of rotatable bonds is 5. The highest BCUT2D eigenvalue weighted by Crippen LogP contribution is 2.07. The standard InChI is InChI=1S/C11H18O4/c1-5-7-15-11(13)9(4)8(3)10(12)14-6-2/h5-7H2,1-4H3/b9-8+. The minimum Gasteiger partial charge on any atom is -0.463 e. The van der Waals surface area contributed by atoms with Crippen LogP contribution in [-0.4, -0.2) is 25.2 Å². The summed E-state index contributed by atoms with van der Waals surface area (Å²) in [5.41, 5.74) is 0.611. The predicted octanol–water partition coefficient (Wildman–Crippen LogP) is 1.84. The van der Waals surface area contributed by atoms with Crippen molar-refractivity contribution in [2.75, 3.05) is 13.2 Å². The number of esters is 2. The molecule has 86 valence electrons. The maximum Gasteiger partial charge on any atom is 0.334 e. The quantitative estimate of drug-likeness (QED) is 0.517. The van der Waals surface area contributed by atoms with Crippen LogP contribution in [0.1, 0.15) is 34.1 Å². The van der Waals surface area contributed by atoms with Crippen molar-refractivity contribution in [2.24, 2.45) is 0 Å². The van der Waals surface area contributed by atoms with Gasteiger partial charge in [0.1, 0.15) is 0 Å². The van der Waals surface area contributed by atoms with Crippen molar-refractivity contribution in [2.45, 2.75) is 34.1 Å². The van der Waals surface area contributed by atoms with Gasteiger partial charge in [0.25, 0.3) is 0 Å². The molecule has 0 aromatic heterocycles. The fourth-order valence-corrected chi connectivity index (χ4v) is 0.849. The third kappa shape index (κ3) is 4.63. The van der Waals surface area contributed by atoms with E-state index in [1.807, 2.05) is 6.92 Å². The maximum atomic E-state index is 11.4. The fourth-order valence-electron chi connectivity index (χ4n) is 0.849. The van der Waals surface area contributed by atoms with Crippen molar-refractivity contribution in [3.8, 4) is 0 Å². The highest BCUT2D eigenvalue weighted by Gasteiger charge is 2.15. The van der Waals surface area contributed by atoms with E-state index < -0.39 is 11.9 Å². The van der Waals surface area contributed by atoms with Crippen LogP contribution in [-0.2, 0) is 19.1 Å². The Kier molecular flexibility index (Phi) is 6.42. The zero-order valence-corrected chi connectivity index (χ0v) is 9.75. The molecule has 0 unspecified atom stereocenters. The molecule has 0 heterocycles. The van der Waals surface area contributed by atoms with Gasteiger partial charge in [-0.2, -0.15) is 0 Å². The summed E-state index contributed by atoms with van der Waals surface area (Å²) < 4.78 is 9.67. The lowest BCUT2D eigenvalue weighted by molar-refractivity contribution is -0.142. The zero-order valence-electron chi connectivity index (χ0n) is 9.75. The van der Waals surface area contributed by atoms with E-state index >= 15 is 0 Å². The molecule has 0 fully saturated rings. The molecule has 0 radical (unpaired) electrons. The Balaban J connectivity index is 4.48. The number of carbonyl (C=O) groups excluding carboxylic acids is 2. The van der Waals surface area contributed by atoms with Crippen LogP contribution in [0.2, 0.25) is 0 Å². The normalized spacial score (nSPS) is 11.7. The van der Waals surface area contributed by atoms with Gasteiger partial charge in [-0.1, -0.05) is 6.92 Å². The number of carbonyl (C=O) groups is 2. The maximum absolute atomic E-state index is 11.4. The molecule has 0 aromatic carbocycles. The van der Waals surface area contributed by atoms with E-state index in [4.69, 9.17) is 9.47 Å². The van der Waals surface area contributed by atoms with Crippen LogP contribution in [0.3, 0.4) is 0 Å². The molecule has 0 aliphatic rings. The van der Waals surface area contributed by atoms with Gasteiger partial charge in [-0.25, -0.2) is 9.59 Å². The average molecular weight is 214 g/mol. The van der Waals surface area contributed by atoms with E-state index in [2.05, 4.69) is 0 Å². The van der Waals surface area contributed by atoms with Crippen LogP contribution in [0.25, 0.3) is 0 Å². The van der Waals surface area contributed by atoms with Gasteiger partial charge in [0.15, 0.2) is 0 Å². The molecule has 0 aliphatic heterocycles. The third-order valence-corrected chi connectivity index (χ3v) is 1.89. The summed E-state index contributed by atoms with van der Waals surface area (Å²) in [6.07, 6.45) is 0.761. The van der Waals surface area contributed by atoms with E-state index in [1.54, 1.807) is 20.8 Å². The van der Waals surface area contributed by atoms with Crippen LogP contribution in [0.5, 0.6) is 0 Å². The molecule has 15 heavy (non-hydrogen) atoms. The summed E-state index contributed by atoms with van der Waals surface area (Å²) in [6.45, 7) is 7.41. The van der Waals surface area contributed by atoms with Crippen molar-refractivity contribution >= 4 is 11.9 Å². The summed E-state index contributed by atoms with van der Waals surface area (Å²) in [5.74, 6) is -0.925. The van der Waals surface area contributed by atoms with E-state index in [0.717, 1.165) is 6.42 Å². The first kappa shape index (κ1) is 13.7. The first-order valence-corrected chi connectivity index (χ1v) is 5.06. The Morgan fingerprint density at radius 3 is 1.80 bits per heavy atom. The van der Waals surface area contributed by atoms with Crippen molar-refractivity contribution in [1.82, 2.24) is 0 Å². The number of hydrogen-bond acceptors (Lipinski definition) is 4. The Morgan fingerprint density at radius 1 is 0.933 bits per heavy atom. The van der Waals surface area contributed by atoms with E-state index in [-0.39, 0.29) is 0 Å². The molecule has 0 rings (SSSR count). The molecule has 0 N–H and O–H groups in total. The van der Waals surface area contributed by atoms with Crippen LogP contribution >= 0.6 is 0 Å². The smallest absolute Gasteiger partial charge is 0.334 e. The monoisotopic (exact) mass is 214 g/mol.